The Bertz CT molecular complexity index is 596. The highest BCUT2D eigenvalue weighted by Crippen LogP contribution is 2.31. The van der Waals surface area contributed by atoms with Crippen molar-refractivity contribution in [2.75, 3.05) is 13.2 Å². The second-order valence-electron chi connectivity index (χ2n) is 3.12. The van der Waals surface area contributed by atoms with Gasteiger partial charge in [-0.25, -0.2) is 22.7 Å². The lowest BCUT2D eigenvalue weighted by atomic mass is 10.5. The number of rotatable bonds is 6. The summed E-state index contributed by atoms with van der Waals surface area (Å²) in [6.45, 7) is -0.391. The topological polar surface area (TPSA) is 136 Å². The number of halogens is 1. The van der Waals surface area contributed by atoms with Crippen LogP contribution in [-0.2, 0) is 14.8 Å². The average molecular weight is 373 g/mol. The second-order valence-corrected chi connectivity index (χ2v) is 7.22. The first-order valence-electron chi connectivity index (χ1n) is 4.68. The van der Waals surface area contributed by atoms with Crippen LogP contribution < -0.4 is 10.5 Å². The molecule has 1 amide bonds. The molecule has 0 bridgehead atoms. The summed E-state index contributed by atoms with van der Waals surface area (Å²) in [5.41, 5.74) is 4.70. The van der Waals surface area contributed by atoms with E-state index in [0.717, 1.165) is 17.4 Å². The number of thiophene rings is 1. The standard InChI is InChI=1S/C8H9BrN2O6S2/c9-6-5(3-4(18-6)7(12)13)19(15,16)11-1-2-17-8(10)14/h3,11H,1-2H2,(H2,10,14)(H,12,13). The fourth-order valence-corrected chi connectivity index (χ4v) is 4.46. The summed E-state index contributed by atoms with van der Waals surface area (Å²) < 4.78 is 30.3. The van der Waals surface area contributed by atoms with Crippen molar-refractivity contribution in [1.82, 2.24) is 4.72 Å². The zero-order valence-electron chi connectivity index (χ0n) is 9.25. The number of sulfonamides is 1. The molecule has 0 aliphatic rings. The van der Waals surface area contributed by atoms with Crippen LogP contribution in [0.25, 0.3) is 0 Å². The highest BCUT2D eigenvalue weighted by Gasteiger charge is 2.22. The fourth-order valence-electron chi connectivity index (χ4n) is 1.05. The molecule has 19 heavy (non-hydrogen) atoms. The van der Waals surface area contributed by atoms with E-state index in [1.807, 2.05) is 0 Å². The van der Waals surface area contributed by atoms with Crippen molar-refractivity contribution in [3.05, 3.63) is 14.7 Å². The first kappa shape index (κ1) is 15.9. The van der Waals surface area contributed by atoms with Crippen LogP contribution in [0.2, 0.25) is 0 Å². The van der Waals surface area contributed by atoms with Gasteiger partial charge in [-0.3, -0.25) is 0 Å². The van der Waals surface area contributed by atoms with Crippen molar-refractivity contribution in [2.24, 2.45) is 5.73 Å². The third-order valence-corrected chi connectivity index (χ3v) is 5.50. The molecule has 0 saturated carbocycles. The Hall–Kier alpha value is -1.17. The Morgan fingerprint density at radius 1 is 1.53 bits per heavy atom. The van der Waals surface area contributed by atoms with Gasteiger partial charge in [-0.1, -0.05) is 0 Å². The zero-order valence-corrected chi connectivity index (χ0v) is 12.5. The SMILES string of the molecule is NC(=O)OCCNS(=O)(=O)c1cc(C(=O)O)sc1Br. The van der Waals surface area contributed by atoms with Gasteiger partial charge in [-0.2, -0.15) is 0 Å². The number of nitrogens with two attached hydrogens (primary N) is 1. The largest absolute Gasteiger partial charge is 0.477 e. The number of carbonyl (C=O) groups excluding carboxylic acids is 1. The van der Waals surface area contributed by atoms with Crippen molar-refractivity contribution < 1.29 is 27.9 Å². The van der Waals surface area contributed by atoms with Gasteiger partial charge in [0.15, 0.2) is 0 Å². The van der Waals surface area contributed by atoms with E-state index in [1.54, 1.807) is 0 Å². The summed E-state index contributed by atoms with van der Waals surface area (Å²) in [6.07, 6.45) is -1.01. The summed E-state index contributed by atoms with van der Waals surface area (Å²) in [7, 11) is -3.88. The number of carbonyl (C=O) groups is 2. The van der Waals surface area contributed by atoms with Crippen molar-refractivity contribution in [1.29, 1.82) is 0 Å². The Balaban J connectivity index is 2.77. The summed E-state index contributed by atoms with van der Waals surface area (Å²) >= 11 is 3.77. The normalized spacial score (nSPS) is 11.2. The van der Waals surface area contributed by atoms with E-state index >= 15 is 0 Å². The molecule has 0 saturated heterocycles. The third-order valence-electron chi connectivity index (χ3n) is 1.79. The molecule has 0 aromatic carbocycles. The van der Waals surface area contributed by atoms with E-state index in [0.29, 0.717) is 0 Å². The number of hydrogen-bond donors (Lipinski definition) is 3. The molecule has 11 heteroatoms. The van der Waals surface area contributed by atoms with E-state index in [-0.39, 0.29) is 26.7 Å². The van der Waals surface area contributed by atoms with Gasteiger partial charge >= 0.3 is 12.1 Å². The molecule has 1 aromatic heterocycles. The van der Waals surface area contributed by atoms with Crippen LogP contribution in [0.3, 0.4) is 0 Å². The van der Waals surface area contributed by atoms with Crippen LogP contribution in [0, 0.1) is 0 Å². The van der Waals surface area contributed by atoms with Gasteiger partial charge in [-0.15, -0.1) is 11.3 Å². The number of carboxylic acid groups (broad SMARTS) is 1. The molecule has 0 atom stereocenters. The molecule has 0 unspecified atom stereocenters. The van der Waals surface area contributed by atoms with Gasteiger partial charge in [0.1, 0.15) is 16.4 Å². The van der Waals surface area contributed by atoms with E-state index < -0.39 is 22.1 Å². The number of ether oxygens (including phenoxy) is 1. The molecule has 1 rings (SSSR count). The van der Waals surface area contributed by atoms with E-state index in [9.17, 15) is 18.0 Å². The van der Waals surface area contributed by atoms with Gasteiger partial charge in [0.2, 0.25) is 10.0 Å². The van der Waals surface area contributed by atoms with Crippen LogP contribution in [0.1, 0.15) is 9.67 Å². The van der Waals surface area contributed by atoms with Gasteiger partial charge < -0.3 is 15.6 Å². The number of amides is 1. The molecule has 0 aliphatic carbocycles. The quantitative estimate of drug-likeness (QED) is 0.624. The van der Waals surface area contributed by atoms with Gasteiger partial charge in [0.05, 0.1) is 3.79 Å². The minimum atomic E-state index is -3.88. The number of primary amides is 1. The molecule has 0 aliphatic heterocycles. The average Bonchev–Trinajstić information content (AvgIpc) is 2.67. The molecule has 0 spiro atoms. The monoisotopic (exact) mass is 372 g/mol. The minimum absolute atomic E-state index is 0.111. The number of aromatic carboxylic acids is 1. The van der Waals surface area contributed by atoms with Crippen LogP contribution >= 0.6 is 27.3 Å². The van der Waals surface area contributed by atoms with Crippen LogP contribution in [0.4, 0.5) is 4.79 Å². The zero-order chi connectivity index (χ0) is 14.6. The maximum absolute atomic E-state index is 11.8. The Kier molecular flexibility index (Phi) is 5.29. The van der Waals surface area contributed by atoms with Gasteiger partial charge in [0.25, 0.3) is 0 Å². The molecule has 0 radical (unpaired) electrons. The molecule has 1 heterocycles. The summed E-state index contributed by atoms with van der Waals surface area (Å²) in [5, 5.41) is 8.77. The third kappa shape index (κ3) is 4.45. The molecule has 8 nitrogen and oxygen atoms in total. The predicted molar refractivity (Wildman–Crippen MR) is 69.7 cm³/mol. The van der Waals surface area contributed by atoms with Crippen LogP contribution in [0.15, 0.2) is 14.7 Å². The van der Waals surface area contributed by atoms with Gasteiger partial charge in [0, 0.05) is 6.54 Å². The highest BCUT2D eigenvalue weighted by atomic mass is 79.9. The van der Waals surface area contributed by atoms with Crippen molar-refractivity contribution in [3.8, 4) is 0 Å². The van der Waals surface area contributed by atoms with Crippen molar-refractivity contribution in [2.45, 2.75) is 4.90 Å². The Labute approximate surface area is 120 Å². The van der Waals surface area contributed by atoms with Crippen molar-refractivity contribution in [3.63, 3.8) is 0 Å². The van der Waals surface area contributed by atoms with E-state index in [4.69, 9.17) is 10.8 Å². The minimum Gasteiger partial charge on any atom is -0.477 e. The summed E-state index contributed by atoms with van der Waals surface area (Å²) in [5.74, 6) is -1.22. The molecule has 0 fully saturated rings. The molecule has 106 valence electrons. The van der Waals surface area contributed by atoms with E-state index in [2.05, 4.69) is 25.4 Å². The first-order chi connectivity index (χ1) is 8.74. The number of nitrogens with one attached hydrogen (secondary N) is 1. The fraction of sp³-hybridized carbons (Fsp3) is 0.250. The lowest BCUT2D eigenvalue weighted by Crippen LogP contribution is -2.29. The summed E-state index contributed by atoms with van der Waals surface area (Å²) in [6, 6.07) is 1.04. The lowest BCUT2D eigenvalue weighted by Gasteiger charge is -2.05. The van der Waals surface area contributed by atoms with Crippen molar-refractivity contribution >= 4 is 49.4 Å². The lowest BCUT2D eigenvalue weighted by molar-refractivity contribution is 0.0702. The maximum Gasteiger partial charge on any atom is 0.404 e. The Morgan fingerprint density at radius 2 is 2.16 bits per heavy atom. The molecular weight excluding hydrogens is 364 g/mol. The van der Waals surface area contributed by atoms with Crippen LogP contribution in [0.5, 0.6) is 0 Å². The summed E-state index contributed by atoms with van der Waals surface area (Å²) in [4.78, 5) is 20.7. The predicted octanol–water partition coefficient (Wildman–Crippen LogP) is 0.582. The van der Waals surface area contributed by atoms with E-state index in [1.165, 1.54) is 0 Å². The second kappa shape index (κ2) is 6.32. The molecule has 1 aromatic rings. The number of hydrogen-bond acceptors (Lipinski definition) is 6. The smallest absolute Gasteiger partial charge is 0.404 e. The molecule has 4 N–H and O–H groups in total. The Morgan fingerprint density at radius 3 is 2.63 bits per heavy atom. The number of carboxylic acids is 1. The van der Waals surface area contributed by atoms with Crippen LogP contribution in [-0.4, -0.2) is 38.7 Å². The first-order valence-corrected chi connectivity index (χ1v) is 7.78. The highest BCUT2D eigenvalue weighted by molar-refractivity contribution is 9.11. The molecular formula is C8H9BrN2O6S2. The maximum atomic E-state index is 11.8. The van der Waals surface area contributed by atoms with Gasteiger partial charge in [-0.05, 0) is 22.0 Å².